The fraction of sp³-hybridized carbons (Fsp3) is 0.429. The van der Waals surface area contributed by atoms with Gasteiger partial charge in [-0.3, -0.25) is 9.69 Å². The lowest BCUT2D eigenvalue weighted by Crippen LogP contribution is -2.50. The number of nitrogens with zero attached hydrogens (tertiary/aromatic N) is 2. The largest absolute Gasteiger partial charge is 0.379 e. The number of hydrogen-bond donors (Lipinski definition) is 2. The number of nitrogens with one attached hydrogen (secondary N) is 2. The third-order valence-electron chi connectivity index (χ3n) is 4.90. The zero-order valence-corrected chi connectivity index (χ0v) is 16.2. The van der Waals surface area contributed by atoms with E-state index in [1.807, 2.05) is 37.3 Å². The Morgan fingerprint density at radius 1 is 1.30 bits per heavy atom. The van der Waals surface area contributed by atoms with Gasteiger partial charge in [-0.1, -0.05) is 17.7 Å². The molecule has 2 N–H and O–H groups in total. The van der Waals surface area contributed by atoms with Crippen LogP contribution in [0.3, 0.4) is 0 Å². The van der Waals surface area contributed by atoms with E-state index in [1.54, 1.807) is 12.3 Å². The Balaban J connectivity index is 1.52. The van der Waals surface area contributed by atoms with E-state index < -0.39 is 0 Å². The summed E-state index contributed by atoms with van der Waals surface area (Å²) in [4.78, 5) is 19.1. The Bertz CT molecular complexity index is 746. The molecular formula is C21H28N4O2. The van der Waals surface area contributed by atoms with Crippen LogP contribution in [-0.2, 0) is 4.74 Å². The molecule has 1 amide bonds. The molecule has 2 heterocycles. The van der Waals surface area contributed by atoms with Crippen LogP contribution in [-0.4, -0.2) is 54.2 Å². The normalized spacial score (nSPS) is 18.7. The van der Waals surface area contributed by atoms with Crippen molar-refractivity contribution in [2.24, 2.45) is 0 Å². The summed E-state index contributed by atoms with van der Waals surface area (Å²) >= 11 is 0. The minimum atomic E-state index is -0.159. The maximum atomic E-state index is 12.3. The summed E-state index contributed by atoms with van der Waals surface area (Å²) in [5.74, 6) is 0.614. The van der Waals surface area contributed by atoms with Gasteiger partial charge in [0.1, 0.15) is 5.82 Å². The number of carbonyl (C=O) groups excluding carboxylic acids is 1. The third kappa shape index (κ3) is 5.28. The maximum Gasteiger partial charge on any atom is 0.257 e. The summed E-state index contributed by atoms with van der Waals surface area (Å²) in [5.41, 5.74) is 2.48. The Morgan fingerprint density at radius 3 is 2.74 bits per heavy atom. The highest BCUT2D eigenvalue weighted by Gasteiger charge is 2.23. The van der Waals surface area contributed by atoms with E-state index in [9.17, 15) is 4.79 Å². The van der Waals surface area contributed by atoms with Crippen molar-refractivity contribution in [3.05, 3.63) is 53.7 Å². The van der Waals surface area contributed by atoms with E-state index in [-0.39, 0.29) is 5.91 Å². The SMILES string of the molecule is Cc1ccc(NC(=O)c2ccc(NCC(C)N3CCOCC3C)nc2)cc1. The lowest BCUT2D eigenvalue weighted by molar-refractivity contribution is -0.0159. The van der Waals surface area contributed by atoms with E-state index in [0.29, 0.717) is 17.6 Å². The van der Waals surface area contributed by atoms with Gasteiger partial charge in [0.25, 0.3) is 5.91 Å². The first kappa shape index (κ1) is 19.3. The number of ether oxygens (including phenoxy) is 1. The van der Waals surface area contributed by atoms with Gasteiger partial charge in [-0.05, 0) is 45.0 Å². The molecule has 3 rings (SSSR count). The summed E-state index contributed by atoms with van der Waals surface area (Å²) in [5, 5.41) is 6.24. The molecule has 6 nitrogen and oxygen atoms in total. The Hall–Kier alpha value is -2.44. The predicted molar refractivity (Wildman–Crippen MR) is 108 cm³/mol. The number of benzene rings is 1. The van der Waals surface area contributed by atoms with Crippen molar-refractivity contribution in [1.29, 1.82) is 0 Å². The van der Waals surface area contributed by atoms with Crippen molar-refractivity contribution < 1.29 is 9.53 Å². The molecular weight excluding hydrogens is 340 g/mol. The molecule has 27 heavy (non-hydrogen) atoms. The van der Waals surface area contributed by atoms with Crippen LogP contribution in [0.5, 0.6) is 0 Å². The second-order valence-corrected chi connectivity index (χ2v) is 7.14. The molecule has 1 aromatic heterocycles. The first-order chi connectivity index (χ1) is 13.0. The number of amides is 1. The van der Waals surface area contributed by atoms with Crippen molar-refractivity contribution in [2.75, 3.05) is 36.9 Å². The molecule has 6 heteroatoms. The highest BCUT2D eigenvalue weighted by molar-refractivity contribution is 6.04. The Labute approximate surface area is 160 Å². The van der Waals surface area contributed by atoms with Crippen LogP contribution in [0.1, 0.15) is 29.8 Å². The summed E-state index contributed by atoms with van der Waals surface area (Å²) in [7, 11) is 0. The number of aryl methyl sites for hydroxylation is 1. The van der Waals surface area contributed by atoms with Crippen LogP contribution in [0, 0.1) is 6.92 Å². The van der Waals surface area contributed by atoms with Crippen LogP contribution in [0.25, 0.3) is 0 Å². The van der Waals surface area contributed by atoms with Crippen LogP contribution >= 0.6 is 0 Å². The second-order valence-electron chi connectivity index (χ2n) is 7.14. The average Bonchev–Trinajstić information content (AvgIpc) is 2.68. The van der Waals surface area contributed by atoms with E-state index >= 15 is 0 Å². The topological polar surface area (TPSA) is 66.5 Å². The van der Waals surface area contributed by atoms with Gasteiger partial charge in [-0.25, -0.2) is 4.98 Å². The molecule has 2 atom stereocenters. The van der Waals surface area contributed by atoms with Gasteiger partial charge in [0.15, 0.2) is 0 Å². The van der Waals surface area contributed by atoms with Crippen LogP contribution in [0.15, 0.2) is 42.6 Å². The highest BCUT2D eigenvalue weighted by atomic mass is 16.5. The second kappa shape index (κ2) is 8.97. The number of carbonyl (C=O) groups is 1. The number of hydrogen-bond acceptors (Lipinski definition) is 5. The molecule has 0 saturated carbocycles. The van der Waals surface area contributed by atoms with E-state index in [1.165, 1.54) is 0 Å². The van der Waals surface area contributed by atoms with Crippen LogP contribution < -0.4 is 10.6 Å². The Morgan fingerprint density at radius 2 is 2.07 bits per heavy atom. The van der Waals surface area contributed by atoms with E-state index in [4.69, 9.17) is 4.74 Å². The molecule has 0 spiro atoms. The molecule has 1 aliphatic heterocycles. The standard InChI is InChI=1S/C21H28N4O2/c1-15-4-7-19(8-5-15)24-21(26)18-6-9-20(23-13-18)22-12-16(2)25-10-11-27-14-17(25)3/h4-9,13,16-17H,10-12,14H2,1-3H3,(H,22,23)(H,24,26). The van der Waals surface area contributed by atoms with Crippen LogP contribution in [0.2, 0.25) is 0 Å². The van der Waals surface area contributed by atoms with Crippen LogP contribution in [0.4, 0.5) is 11.5 Å². The number of anilines is 2. The fourth-order valence-corrected chi connectivity index (χ4v) is 3.24. The van der Waals surface area contributed by atoms with E-state index in [0.717, 1.165) is 43.4 Å². The van der Waals surface area contributed by atoms with Crippen molar-refractivity contribution in [1.82, 2.24) is 9.88 Å². The molecule has 144 valence electrons. The molecule has 0 bridgehead atoms. The number of rotatable bonds is 6. The number of morpholine rings is 1. The first-order valence-corrected chi connectivity index (χ1v) is 9.44. The summed E-state index contributed by atoms with van der Waals surface area (Å²) < 4.78 is 5.50. The average molecular weight is 368 g/mol. The zero-order chi connectivity index (χ0) is 19.2. The molecule has 1 aliphatic rings. The maximum absolute atomic E-state index is 12.3. The molecule has 2 unspecified atom stereocenters. The summed E-state index contributed by atoms with van der Waals surface area (Å²) in [6.07, 6.45) is 1.61. The lowest BCUT2D eigenvalue weighted by atomic mass is 10.2. The van der Waals surface area contributed by atoms with Crippen molar-refractivity contribution in [3.63, 3.8) is 0 Å². The zero-order valence-electron chi connectivity index (χ0n) is 16.2. The molecule has 1 fully saturated rings. The molecule has 0 aliphatic carbocycles. The van der Waals surface area contributed by atoms with Gasteiger partial charge in [-0.2, -0.15) is 0 Å². The number of pyridine rings is 1. The fourth-order valence-electron chi connectivity index (χ4n) is 3.24. The van der Waals surface area contributed by atoms with Gasteiger partial charge in [0.05, 0.1) is 18.8 Å². The minimum absolute atomic E-state index is 0.159. The van der Waals surface area contributed by atoms with Gasteiger partial charge < -0.3 is 15.4 Å². The first-order valence-electron chi connectivity index (χ1n) is 9.44. The molecule has 0 radical (unpaired) electrons. The highest BCUT2D eigenvalue weighted by Crippen LogP contribution is 2.14. The predicted octanol–water partition coefficient (Wildman–Crippen LogP) is 3.16. The van der Waals surface area contributed by atoms with Gasteiger partial charge >= 0.3 is 0 Å². The smallest absolute Gasteiger partial charge is 0.257 e. The third-order valence-corrected chi connectivity index (χ3v) is 4.90. The Kier molecular flexibility index (Phi) is 6.42. The van der Waals surface area contributed by atoms with Crippen molar-refractivity contribution in [2.45, 2.75) is 32.9 Å². The monoisotopic (exact) mass is 368 g/mol. The molecule has 2 aromatic rings. The molecule has 1 aromatic carbocycles. The summed E-state index contributed by atoms with van der Waals surface area (Å²) in [6, 6.07) is 12.2. The van der Waals surface area contributed by atoms with E-state index in [2.05, 4.69) is 34.4 Å². The van der Waals surface area contributed by atoms with Gasteiger partial charge in [0.2, 0.25) is 0 Å². The van der Waals surface area contributed by atoms with Gasteiger partial charge in [-0.15, -0.1) is 0 Å². The van der Waals surface area contributed by atoms with Gasteiger partial charge in [0, 0.05) is 37.1 Å². The lowest BCUT2D eigenvalue weighted by Gasteiger charge is -2.37. The van der Waals surface area contributed by atoms with Crippen molar-refractivity contribution >= 4 is 17.4 Å². The number of aromatic nitrogens is 1. The molecule has 1 saturated heterocycles. The minimum Gasteiger partial charge on any atom is -0.379 e. The van der Waals surface area contributed by atoms with Crippen molar-refractivity contribution in [3.8, 4) is 0 Å². The summed E-state index contributed by atoms with van der Waals surface area (Å²) in [6.45, 7) is 9.74. The quantitative estimate of drug-likeness (QED) is 0.820.